The first-order chi connectivity index (χ1) is 8.93. The summed E-state index contributed by atoms with van der Waals surface area (Å²) >= 11 is 0. The molecule has 0 spiro atoms. The summed E-state index contributed by atoms with van der Waals surface area (Å²) in [4.78, 5) is 26.6. The molecule has 20 heavy (non-hydrogen) atoms. The van der Waals surface area contributed by atoms with Crippen LogP contribution in [0.1, 0.15) is 24.2 Å². The molecule has 1 aromatic heterocycles. The van der Waals surface area contributed by atoms with Gasteiger partial charge in [-0.3, -0.25) is 9.59 Å². The van der Waals surface area contributed by atoms with Crippen LogP contribution in [0.25, 0.3) is 10.9 Å². The number of carbonyl (C=O) groups excluding carboxylic acids is 1. The summed E-state index contributed by atoms with van der Waals surface area (Å²) in [5.74, 6) is -0.294. The Morgan fingerprint density at radius 3 is 2.65 bits per heavy atom. The zero-order valence-electron chi connectivity index (χ0n) is 11.4. The molecule has 2 rings (SSSR count). The molecule has 0 bridgehead atoms. The number of nitrogens with one attached hydrogen (secondary N) is 2. The van der Waals surface area contributed by atoms with Crippen molar-refractivity contribution in [2.45, 2.75) is 19.4 Å². The van der Waals surface area contributed by atoms with Gasteiger partial charge in [0.25, 0.3) is 5.91 Å². The predicted octanol–water partition coefficient (Wildman–Crippen LogP) is 1.42. The van der Waals surface area contributed by atoms with Gasteiger partial charge in [-0.25, -0.2) is 0 Å². The number of hydrogen-bond donors (Lipinski definition) is 3. The van der Waals surface area contributed by atoms with Crippen LogP contribution in [-0.2, 0) is 0 Å². The third kappa shape index (κ3) is 3.37. The SMILES string of the molecule is CC(C)(CN)NC(=O)c1cc(=O)[nH]c2ccccc12.Cl. The Labute approximate surface area is 123 Å². The number of amides is 1. The number of rotatable bonds is 3. The molecule has 6 heteroatoms. The lowest BCUT2D eigenvalue weighted by Crippen LogP contribution is -2.49. The number of hydrogen-bond acceptors (Lipinski definition) is 3. The molecule has 5 nitrogen and oxygen atoms in total. The van der Waals surface area contributed by atoms with Crippen LogP contribution in [0.2, 0.25) is 0 Å². The summed E-state index contributed by atoms with van der Waals surface area (Å²) in [5, 5.41) is 3.54. The maximum atomic E-state index is 12.3. The molecule has 0 atom stereocenters. The third-order valence-electron chi connectivity index (χ3n) is 2.96. The highest BCUT2D eigenvalue weighted by atomic mass is 35.5. The zero-order chi connectivity index (χ0) is 14.0. The second-order valence-electron chi connectivity index (χ2n) is 5.13. The molecule has 108 valence electrons. The fraction of sp³-hybridized carbons (Fsp3) is 0.286. The minimum atomic E-state index is -0.513. The van der Waals surface area contributed by atoms with Crippen molar-refractivity contribution in [2.24, 2.45) is 5.73 Å². The summed E-state index contributed by atoms with van der Waals surface area (Å²) in [6, 6.07) is 8.51. The number of halogens is 1. The van der Waals surface area contributed by atoms with Crippen molar-refractivity contribution >= 4 is 29.2 Å². The molecule has 0 radical (unpaired) electrons. The summed E-state index contributed by atoms with van der Waals surface area (Å²) in [6.45, 7) is 3.99. The zero-order valence-corrected chi connectivity index (χ0v) is 12.2. The van der Waals surface area contributed by atoms with Crippen molar-refractivity contribution in [3.63, 3.8) is 0 Å². The standard InChI is InChI=1S/C14H17N3O2.ClH/c1-14(2,8-15)17-13(19)10-7-12(18)16-11-6-4-3-5-9(10)11;/h3-7H,8,15H2,1-2H3,(H,16,18)(H,17,19);1H. The van der Waals surface area contributed by atoms with Crippen LogP contribution < -0.4 is 16.6 Å². The number of fused-ring (bicyclic) bond motifs is 1. The second-order valence-corrected chi connectivity index (χ2v) is 5.13. The molecule has 0 saturated carbocycles. The first-order valence-electron chi connectivity index (χ1n) is 6.07. The van der Waals surface area contributed by atoms with Crippen LogP contribution in [0.4, 0.5) is 0 Å². The van der Waals surface area contributed by atoms with Crippen molar-refractivity contribution in [2.75, 3.05) is 6.54 Å². The highest BCUT2D eigenvalue weighted by Gasteiger charge is 2.20. The first kappa shape index (κ1) is 16.2. The average Bonchev–Trinajstić information content (AvgIpc) is 2.37. The van der Waals surface area contributed by atoms with Crippen LogP contribution >= 0.6 is 12.4 Å². The highest BCUT2D eigenvalue weighted by molar-refractivity contribution is 6.06. The quantitative estimate of drug-likeness (QED) is 0.800. The van der Waals surface area contributed by atoms with E-state index >= 15 is 0 Å². The van der Waals surface area contributed by atoms with Gasteiger partial charge in [-0.15, -0.1) is 12.4 Å². The molecule has 0 aliphatic carbocycles. The van der Waals surface area contributed by atoms with Crippen LogP contribution in [0.3, 0.4) is 0 Å². The lowest BCUT2D eigenvalue weighted by molar-refractivity contribution is 0.0917. The summed E-state index contributed by atoms with van der Waals surface area (Å²) in [6.07, 6.45) is 0. The molecule has 0 aliphatic rings. The van der Waals surface area contributed by atoms with E-state index in [1.54, 1.807) is 12.1 Å². The first-order valence-corrected chi connectivity index (χ1v) is 6.07. The van der Waals surface area contributed by atoms with E-state index in [1.807, 2.05) is 26.0 Å². The van der Waals surface area contributed by atoms with Crippen LogP contribution in [-0.4, -0.2) is 23.0 Å². The number of carbonyl (C=O) groups is 1. The Morgan fingerprint density at radius 2 is 2.00 bits per heavy atom. The lowest BCUT2D eigenvalue weighted by atomic mass is 10.0. The van der Waals surface area contributed by atoms with Gasteiger partial charge in [0.15, 0.2) is 0 Å². The number of aromatic amines is 1. The van der Waals surface area contributed by atoms with Crippen molar-refractivity contribution in [3.05, 3.63) is 46.2 Å². The topological polar surface area (TPSA) is 88.0 Å². The molecule has 2 aromatic rings. The van der Waals surface area contributed by atoms with Gasteiger partial charge in [0, 0.05) is 29.1 Å². The maximum Gasteiger partial charge on any atom is 0.252 e. The number of para-hydroxylation sites is 1. The van der Waals surface area contributed by atoms with Gasteiger partial charge in [-0.05, 0) is 19.9 Å². The molecule has 1 heterocycles. The number of benzene rings is 1. The molecule has 0 fully saturated rings. The van der Waals surface area contributed by atoms with E-state index in [9.17, 15) is 9.59 Å². The molecule has 0 saturated heterocycles. The van der Waals surface area contributed by atoms with Crippen LogP contribution in [0.15, 0.2) is 35.1 Å². The summed E-state index contributed by atoms with van der Waals surface area (Å²) in [7, 11) is 0. The number of aromatic nitrogens is 1. The highest BCUT2D eigenvalue weighted by Crippen LogP contribution is 2.15. The predicted molar refractivity (Wildman–Crippen MR) is 82.4 cm³/mol. The van der Waals surface area contributed by atoms with E-state index in [-0.39, 0.29) is 23.9 Å². The maximum absolute atomic E-state index is 12.3. The van der Waals surface area contributed by atoms with Gasteiger partial charge in [0.1, 0.15) is 0 Å². The minimum absolute atomic E-state index is 0. The van der Waals surface area contributed by atoms with E-state index in [0.29, 0.717) is 23.0 Å². The van der Waals surface area contributed by atoms with Gasteiger partial charge in [-0.2, -0.15) is 0 Å². The molecular formula is C14H18ClN3O2. The largest absolute Gasteiger partial charge is 0.346 e. The van der Waals surface area contributed by atoms with Gasteiger partial charge in [0.2, 0.25) is 5.56 Å². The van der Waals surface area contributed by atoms with E-state index < -0.39 is 5.54 Å². The van der Waals surface area contributed by atoms with Crippen molar-refractivity contribution in [1.29, 1.82) is 0 Å². The Balaban J connectivity index is 0.00000200. The van der Waals surface area contributed by atoms with E-state index in [4.69, 9.17) is 5.73 Å². The van der Waals surface area contributed by atoms with Crippen molar-refractivity contribution in [3.8, 4) is 0 Å². The van der Waals surface area contributed by atoms with Crippen LogP contribution in [0.5, 0.6) is 0 Å². The van der Waals surface area contributed by atoms with Gasteiger partial charge in [-0.1, -0.05) is 18.2 Å². The molecule has 0 unspecified atom stereocenters. The smallest absolute Gasteiger partial charge is 0.252 e. The van der Waals surface area contributed by atoms with E-state index in [0.717, 1.165) is 0 Å². The van der Waals surface area contributed by atoms with Gasteiger partial charge < -0.3 is 16.0 Å². The molecule has 1 amide bonds. The Bertz CT molecular complexity index is 679. The van der Waals surface area contributed by atoms with Gasteiger partial charge >= 0.3 is 0 Å². The number of pyridine rings is 1. The number of H-pyrrole nitrogens is 1. The Hall–Kier alpha value is -1.85. The normalized spacial score (nSPS) is 10.9. The minimum Gasteiger partial charge on any atom is -0.346 e. The molecule has 4 N–H and O–H groups in total. The second kappa shape index (κ2) is 6.07. The molecular weight excluding hydrogens is 278 g/mol. The fourth-order valence-corrected chi connectivity index (χ4v) is 1.82. The molecule has 1 aromatic carbocycles. The third-order valence-corrected chi connectivity index (χ3v) is 2.96. The lowest BCUT2D eigenvalue weighted by Gasteiger charge is -2.24. The van der Waals surface area contributed by atoms with Gasteiger partial charge in [0.05, 0.1) is 5.56 Å². The van der Waals surface area contributed by atoms with Crippen molar-refractivity contribution in [1.82, 2.24) is 10.3 Å². The van der Waals surface area contributed by atoms with E-state index in [1.165, 1.54) is 6.07 Å². The van der Waals surface area contributed by atoms with Crippen LogP contribution in [0, 0.1) is 0 Å². The van der Waals surface area contributed by atoms with Crippen molar-refractivity contribution < 1.29 is 4.79 Å². The monoisotopic (exact) mass is 295 g/mol. The fourth-order valence-electron chi connectivity index (χ4n) is 1.82. The Kier molecular flexibility index (Phi) is 4.92. The molecule has 0 aliphatic heterocycles. The Morgan fingerprint density at radius 1 is 1.35 bits per heavy atom. The summed E-state index contributed by atoms with van der Waals surface area (Å²) in [5.41, 5.74) is 5.79. The summed E-state index contributed by atoms with van der Waals surface area (Å²) < 4.78 is 0. The average molecular weight is 296 g/mol. The number of nitrogens with two attached hydrogens (primary N) is 1. The van der Waals surface area contributed by atoms with E-state index in [2.05, 4.69) is 10.3 Å².